The molecule has 1 fully saturated rings. The molecule has 0 radical (unpaired) electrons. The van der Waals surface area contributed by atoms with Gasteiger partial charge in [-0.3, -0.25) is 4.79 Å². The first kappa shape index (κ1) is 25.8. The molecule has 0 heterocycles. The number of carbonyl (C=O) groups is 1. The topological polar surface area (TPSA) is 95.5 Å². The molecule has 3 N–H and O–H groups in total. The number of hydrogen-bond donors (Lipinski definition) is 3. The SMILES string of the molecule is CCCCCCCCC(NS(=O)(=O)Cc1ccccc1)C(=O)NC1CCCCC1CO. The maximum Gasteiger partial charge on any atom is 0.238 e. The van der Waals surface area contributed by atoms with Gasteiger partial charge < -0.3 is 10.4 Å². The second-order valence-corrected chi connectivity index (χ2v) is 10.6. The van der Waals surface area contributed by atoms with E-state index >= 15 is 0 Å². The molecular weight excluding hydrogens is 412 g/mol. The van der Waals surface area contributed by atoms with Crippen molar-refractivity contribution < 1.29 is 18.3 Å². The maximum atomic E-state index is 13.0. The number of benzene rings is 1. The van der Waals surface area contributed by atoms with Crippen LogP contribution in [0.5, 0.6) is 0 Å². The van der Waals surface area contributed by atoms with Crippen molar-refractivity contribution >= 4 is 15.9 Å². The van der Waals surface area contributed by atoms with E-state index in [-0.39, 0.29) is 30.2 Å². The van der Waals surface area contributed by atoms with Gasteiger partial charge in [-0.1, -0.05) is 88.6 Å². The van der Waals surface area contributed by atoms with Gasteiger partial charge in [0.1, 0.15) is 6.04 Å². The van der Waals surface area contributed by atoms with E-state index in [2.05, 4.69) is 17.0 Å². The van der Waals surface area contributed by atoms with Crippen LogP contribution in [0.25, 0.3) is 0 Å². The van der Waals surface area contributed by atoms with Crippen molar-refractivity contribution in [2.24, 2.45) is 5.92 Å². The van der Waals surface area contributed by atoms with Gasteiger partial charge in [0.15, 0.2) is 0 Å². The van der Waals surface area contributed by atoms with E-state index in [0.717, 1.165) is 44.9 Å². The molecule has 1 aliphatic rings. The third kappa shape index (κ3) is 9.71. The standard InChI is InChI=1S/C24H40N2O4S/c1-2-3-4-5-6-10-17-23(24(28)25-22-16-12-11-15-21(22)18-27)26-31(29,30)19-20-13-8-7-9-14-20/h7-9,13-14,21-23,26-27H,2-6,10-12,15-19H2,1H3,(H,25,28). The van der Waals surface area contributed by atoms with Gasteiger partial charge in [-0.15, -0.1) is 0 Å². The Bertz CT molecular complexity index is 739. The Hall–Kier alpha value is -1.44. The second-order valence-electron chi connectivity index (χ2n) is 8.81. The van der Waals surface area contributed by atoms with E-state index in [1.54, 1.807) is 12.1 Å². The van der Waals surface area contributed by atoms with E-state index in [4.69, 9.17) is 0 Å². The number of aliphatic hydroxyl groups is 1. The Balaban J connectivity index is 1.99. The maximum absolute atomic E-state index is 13.0. The molecule has 2 rings (SSSR count). The largest absolute Gasteiger partial charge is 0.396 e. The Kier molecular flexibility index (Phi) is 11.5. The quantitative estimate of drug-likeness (QED) is 0.373. The van der Waals surface area contributed by atoms with Crippen molar-refractivity contribution in [3.8, 4) is 0 Å². The number of nitrogens with one attached hydrogen (secondary N) is 2. The van der Waals surface area contributed by atoms with Gasteiger partial charge in [0.2, 0.25) is 15.9 Å². The molecule has 1 amide bonds. The Morgan fingerprint density at radius 2 is 1.74 bits per heavy atom. The van der Waals surface area contributed by atoms with Crippen LogP contribution in [-0.2, 0) is 20.6 Å². The molecule has 0 saturated heterocycles. The van der Waals surface area contributed by atoms with Crippen molar-refractivity contribution in [3.05, 3.63) is 35.9 Å². The zero-order chi connectivity index (χ0) is 22.5. The molecular formula is C24H40N2O4S. The summed E-state index contributed by atoms with van der Waals surface area (Å²) in [6.45, 7) is 2.22. The summed E-state index contributed by atoms with van der Waals surface area (Å²) in [5.41, 5.74) is 0.696. The number of amides is 1. The second kappa shape index (κ2) is 13.9. The summed E-state index contributed by atoms with van der Waals surface area (Å²) in [5.74, 6) is -0.361. The number of hydrogen-bond acceptors (Lipinski definition) is 4. The molecule has 3 atom stereocenters. The summed E-state index contributed by atoms with van der Waals surface area (Å²) in [6.07, 6.45) is 10.8. The van der Waals surface area contributed by atoms with Crippen LogP contribution in [0.3, 0.4) is 0 Å². The van der Waals surface area contributed by atoms with Crippen LogP contribution < -0.4 is 10.0 Å². The summed E-state index contributed by atoms with van der Waals surface area (Å²) in [4.78, 5) is 13.0. The van der Waals surface area contributed by atoms with Gasteiger partial charge in [0.25, 0.3) is 0 Å². The summed E-state index contributed by atoms with van der Waals surface area (Å²) in [6, 6.07) is 8.15. The lowest BCUT2D eigenvalue weighted by Gasteiger charge is -2.32. The van der Waals surface area contributed by atoms with Crippen LogP contribution in [0.2, 0.25) is 0 Å². The van der Waals surface area contributed by atoms with Crippen LogP contribution in [0.4, 0.5) is 0 Å². The fourth-order valence-electron chi connectivity index (χ4n) is 4.32. The minimum Gasteiger partial charge on any atom is -0.396 e. The number of carbonyl (C=O) groups excluding carboxylic acids is 1. The third-order valence-electron chi connectivity index (χ3n) is 6.16. The molecule has 31 heavy (non-hydrogen) atoms. The molecule has 1 aliphatic carbocycles. The average molecular weight is 453 g/mol. The Morgan fingerprint density at radius 1 is 1.06 bits per heavy atom. The Labute approximate surface area is 188 Å². The normalized spacial score (nSPS) is 20.3. The number of sulfonamides is 1. The molecule has 1 aromatic carbocycles. The predicted molar refractivity (Wildman–Crippen MR) is 125 cm³/mol. The van der Waals surface area contributed by atoms with E-state index in [1.807, 2.05) is 18.2 Å². The number of unbranched alkanes of at least 4 members (excludes halogenated alkanes) is 5. The van der Waals surface area contributed by atoms with Gasteiger partial charge in [-0.05, 0) is 24.8 Å². The van der Waals surface area contributed by atoms with Crippen molar-refractivity contribution in [1.29, 1.82) is 0 Å². The van der Waals surface area contributed by atoms with E-state index in [0.29, 0.717) is 12.0 Å². The van der Waals surface area contributed by atoms with E-state index in [9.17, 15) is 18.3 Å². The number of rotatable bonds is 14. The molecule has 3 unspecified atom stereocenters. The average Bonchev–Trinajstić information content (AvgIpc) is 2.76. The fourth-order valence-corrected chi connectivity index (χ4v) is 5.70. The van der Waals surface area contributed by atoms with Gasteiger partial charge in [-0.2, -0.15) is 0 Å². The summed E-state index contributed by atoms with van der Waals surface area (Å²) < 4.78 is 28.2. The molecule has 176 valence electrons. The summed E-state index contributed by atoms with van der Waals surface area (Å²) in [7, 11) is -3.65. The monoisotopic (exact) mass is 452 g/mol. The van der Waals surface area contributed by atoms with Crippen LogP contribution in [0.1, 0.15) is 83.1 Å². The van der Waals surface area contributed by atoms with Gasteiger partial charge in [0, 0.05) is 18.6 Å². The molecule has 0 aliphatic heterocycles. The lowest BCUT2D eigenvalue weighted by molar-refractivity contribution is -0.124. The van der Waals surface area contributed by atoms with E-state index in [1.165, 1.54) is 19.3 Å². The van der Waals surface area contributed by atoms with Crippen LogP contribution in [0.15, 0.2) is 30.3 Å². The lowest BCUT2D eigenvalue weighted by Crippen LogP contribution is -2.52. The lowest BCUT2D eigenvalue weighted by atomic mass is 9.85. The van der Waals surface area contributed by atoms with Crippen LogP contribution in [0, 0.1) is 5.92 Å². The summed E-state index contributed by atoms with van der Waals surface area (Å²) in [5, 5.41) is 12.7. The molecule has 7 heteroatoms. The molecule has 0 aromatic heterocycles. The highest BCUT2D eigenvalue weighted by Gasteiger charge is 2.30. The van der Waals surface area contributed by atoms with Crippen molar-refractivity contribution in [2.45, 2.75) is 95.4 Å². The first-order valence-corrected chi connectivity index (χ1v) is 13.6. The summed E-state index contributed by atoms with van der Waals surface area (Å²) >= 11 is 0. The smallest absolute Gasteiger partial charge is 0.238 e. The highest BCUT2D eigenvalue weighted by molar-refractivity contribution is 7.88. The van der Waals surface area contributed by atoms with Crippen molar-refractivity contribution in [3.63, 3.8) is 0 Å². The van der Waals surface area contributed by atoms with Gasteiger partial charge in [-0.25, -0.2) is 13.1 Å². The number of aliphatic hydroxyl groups excluding tert-OH is 1. The third-order valence-corrected chi connectivity index (χ3v) is 7.51. The first-order valence-electron chi connectivity index (χ1n) is 11.9. The molecule has 0 spiro atoms. The molecule has 1 saturated carbocycles. The minimum atomic E-state index is -3.65. The predicted octanol–water partition coefficient (Wildman–Crippen LogP) is 3.89. The zero-order valence-electron chi connectivity index (χ0n) is 18.9. The minimum absolute atomic E-state index is 0.0484. The Morgan fingerprint density at radius 3 is 2.45 bits per heavy atom. The van der Waals surface area contributed by atoms with E-state index < -0.39 is 16.1 Å². The van der Waals surface area contributed by atoms with Gasteiger partial charge in [0.05, 0.1) is 5.75 Å². The fraction of sp³-hybridized carbons (Fsp3) is 0.708. The van der Waals surface area contributed by atoms with Gasteiger partial charge >= 0.3 is 0 Å². The molecule has 6 nitrogen and oxygen atoms in total. The van der Waals surface area contributed by atoms with Crippen LogP contribution in [-0.4, -0.2) is 38.1 Å². The molecule has 0 bridgehead atoms. The first-order chi connectivity index (χ1) is 14.9. The zero-order valence-corrected chi connectivity index (χ0v) is 19.7. The van der Waals surface area contributed by atoms with Crippen molar-refractivity contribution in [2.75, 3.05) is 6.61 Å². The highest BCUT2D eigenvalue weighted by atomic mass is 32.2. The van der Waals surface area contributed by atoms with Crippen molar-refractivity contribution in [1.82, 2.24) is 10.0 Å². The molecule has 1 aromatic rings. The highest BCUT2D eigenvalue weighted by Crippen LogP contribution is 2.24. The van der Waals surface area contributed by atoms with Crippen LogP contribution >= 0.6 is 0 Å².